The minimum atomic E-state index is -3.75. The van der Waals surface area contributed by atoms with E-state index in [1.54, 1.807) is 36.1 Å². The van der Waals surface area contributed by atoms with E-state index in [4.69, 9.17) is 11.3 Å². The van der Waals surface area contributed by atoms with Gasteiger partial charge in [-0.25, -0.2) is 22.8 Å². The number of piperidine rings is 1. The number of likely N-dealkylation sites (tertiary alicyclic amines) is 1. The van der Waals surface area contributed by atoms with Gasteiger partial charge in [-0.3, -0.25) is 0 Å². The molecule has 0 aliphatic carbocycles. The van der Waals surface area contributed by atoms with Crippen LogP contribution in [-0.2, 0) is 14.8 Å². The molecule has 0 spiro atoms. The van der Waals surface area contributed by atoms with Crippen LogP contribution in [0, 0.1) is 6.57 Å². The lowest BCUT2D eigenvalue weighted by Gasteiger charge is -2.31. The van der Waals surface area contributed by atoms with Gasteiger partial charge in [0.1, 0.15) is 0 Å². The van der Waals surface area contributed by atoms with Crippen molar-refractivity contribution in [2.75, 3.05) is 19.7 Å². The molecule has 0 saturated carbocycles. The minimum absolute atomic E-state index is 0.165. The molecule has 0 bridgehead atoms. The van der Waals surface area contributed by atoms with Gasteiger partial charge < -0.3 is 9.64 Å². The highest BCUT2D eigenvalue weighted by atomic mass is 32.2. The lowest BCUT2D eigenvalue weighted by molar-refractivity contribution is 0.0966. The number of sulfonamides is 1. The summed E-state index contributed by atoms with van der Waals surface area (Å²) in [6, 6.07) is 9.76. The van der Waals surface area contributed by atoms with Crippen LogP contribution in [0.15, 0.2) is 41.3 Å². The molecular formula is C19H21N3O4S. The number of carbonyl (C=O) groups is 1. The smallest absolute Gasteiger partial charge is 0.409 e. The van der Waals surface area contributed by atoms with Gasteiger partial charge in [-0.15, -0.1) is 0 Å². The van der Waals surface area contributed by atoms with Crippen molar-refractivity contribution >= 4 is 32.6 Å². The Labute approximate surface area is 158 Å². The highest BCUT2D eigenvalue weighted by molar-refractivity contribution is 7.89. The fraction of sp³-hybridized carbons (Fsp3) is 0.368. The molecule has 1 fully saturated rings. The molecule has 1 N–H and O–H groups in total. The lowest BCUT2D eigenvalue weighted by atomic mass is 10.1. The molecule has 1 saturated heterocycles. The first-order valence-corrected chi connectivity index (χ1v) is 10.3. The molecule has 3 rings (SSSR count). The summed E-state index contributed by atoms with van der Waals surface area (Å²) in [5, 5.41) is 1.15. The van der Waals surface area contributed by atoms with E-state index in [0.717, 1.165) is 0 Å². The van der Waals surface area contributed by atoms with E-state index in [2.05, 4.69) is 9.57 Å². The summed E-state index contributed by atoms with van der Waals surface area (Å²) in [4.78, 5) is 17.0. The molecule has 0 atom stereocenters. The van der Waals surface area contributed by atoms with Gasteiger partial charge in [-0.05, 0) is 30.5 Å². The molecule has 2 aromatic rings. The standard InChI is InChI=1S/C19H21N3O4S/c1-3-26-19(23)22-12-10-14(11-13-22)21-27(24,25)18-9-8-17(20-2)15-6-4-5-7-16(15)18/h4-9,14,21H,3,10-13H2,1H3. The van der Waals surface area contributed by atoms with Gasteiger partial charge in [0.2, 0.25) is 10.0 Å². The van der Waals surface area contributed by atoms with Crippen molar-refractivity contribution < 1.29 is 17.9 Å². The van der Waals surface area contributed by atoms with Crippen molar-refractivity contribution in [3.05, 3.63) is 47.8 Å². The maximum absolute atomic E-state index is 12.9. The van der Waals surface area contributed by atoms with E-state index in [-0.39, 0.29) is 17.0 Å². The Morgan fingerprint density at radius 3 is 2.52 bits per heavy atom. The number of nitrogens with zero attached hydrogens (tertiary/aromatic N) is 2. The number of hydrogen-bond acceptors (Lipinski definition) is 4. The van der Waals surface area contributed by atoms with Crippen molar-refractivity contribution in [2.45, 2.75) is 30.7 Å². The van der Waals surface area contributed by atoms with Gasteiger partial charge >= 0.3 is 6.09 Å². The summed E-state index contributed by atoms with van der Waals surface area (Å²) < 4.78 is 33.6. The Kier molecular flexibility index (Phi) is 5.63. The number of rotatable bonds is 4. The summed E-state index contributed by atoms with van der Waals surface area (Å²) in [6.45, 7) is 10.2. The quantitative estimate of drug-likeness (QED) is 0.817. The molecule has 7 nitrogen and oxygen atoms in total. The summed E-state index contributed by atoms with van der Waals surface area (Å²) in [5.74, 6) is 0. The van der Waals surface area contributed by atoms with Crippen LogP contribution in [-0.4, -0.2) is 45.1 Å². The van der Waals surface area contributed by atoms with E-state index >= 15 is 0 Å². The Bertz CT molecular complexity index is 990. The number of fused-ring (bicyclic) bond motifs is 1. The molecule has 8 heteroatoms. The monoisotopic (exact) mass is 387 g/mol. The average Bonchev–Trinajstić information content (AvgIpc) is 2.67. The van der Waals surface area contributed by atoms with Crippen molar-refractivity contribution in [1.82, 2.24) is 9.62 Å². The number of hydrogen-bond donors (Lipinski definition) is 1. The summed E-state index contributed by atoms with van der Waals surface area (Å²) in [7, 11) is -3.75. The maximum atomic E-state index is 12.9. The third kappa shape index (κ3) is 4.04. The van der Waals surface area contributed by atoms with E-state index in [9.17, 15) is 13.2 Å². The van der Waals surface area contributed by atoms with Gasteiger partial charge in [-0.1, -0.05) is 36.4 Å². The molecule has 1 aliphatic rings. The zero-order chi connectivity index (χ0) is 19.4. The van der Waals surface area contributed by atoms with E-state index in [1.165, 1.54) is 12.1 Å². The second kappa shape index (κ2) is 7.94. The van der Waals surface area contributed by atoms with Crippen LogP contribution < -0.4 is 4.72 Å². The molecule has 1 heterocycles. The summed E-state index contributed by atoms with van der Waals surface area (Å²) in [6.07, 6.45) is 0.686. The predicted molar refractivity (Wildman–Crippen MR) is 102 cm³/mol. The van der Waals surface area contributed by atoms with Crippen molar-refractivity contribution in [3.63, 3.8) is 0 Å². The van der Waals surface area contributed by atoms with Crippen molar-refractivity contribution in [1.29, 1.82) is 0 Å². The topological polar surface area (TPSA) is 80.1 Å². The highest BCUT2D eigenvalue weighted by Gasteiger charge is 2.28. The van der Waals surface area contributed by atoms with E-state index in [0.29, 0.717) is 49.0 Å². The van der Waals surface area contributed by atoms with Crippen LogP contribution in [0.3, 0.4) is 0 Å². The fourth-order valence-electron chi connectivity index (χ4n) is 3.26. The lowest BCUT2D eigenvalue weighted by Crippen LogP contribution is -2.46. The van der Waals surface area contributed by atoms with Gasteiger partial charge in [0.25, 0.3) is 0 Å². The zero-order valence-corrected chi connectivity index (χ0v) is 15.8. The molecule has 1 amide bonds. The zero-order valence-electron chi connectivity index (χ0n) is 15.0. The Balaban J connectivity index is 1.78. The average molecular weight is 387 g/mol. The fourth-order valence-corrected chi connectivity index (χ4v) is 4.78. The van der Waals surface area contributed by atoms with Crippen LogP contribution >= 0.6 is 0 Å². The molecule has 142 valence electrons. The number of ether oxygens (including phenoxy) is 1. The molecule has 2 aromatic carbocycles. The first-order valence-electron chi connectivity index (χ1n) is 8.79. The first kappa shape index (κ1) is 19.1. The third-order valence-electron chi connectivity index (χ3n) is 4.61. The predicted octanol–water partition coefficient (Wildman–Crippen LogP) is 3.29. The molecule has 0 unspecified atom stereocenters. The number of benzene rings is 2. The normalized spacial score (nSPS) is 15.5. The Morgan fingerprint density at radius 2 is 1.89 bits per heavy atom. The number of nitrogens with one attached hydrogen (secondary N) is 1. The molecule has 27 heavy (non-hydrogen) atoms. The number of amides is 1. The second-order valence-electron chi connectivity index (χ2n) is 6.32. The molecule has 0 aromatic heterocycles. The molecule has 1 aliphatic heterocycles. The largest absolute Gasteiger partial charge is 0.450 e. The summed E-state index contributed by atoms with van der Waals surface area (Å²) >= 11 is 0. The van der Waals surface area contributed by atoms with Crippen LogP contribution in [0.5, 0.6) is 0 Å². The SMILES string of the molecule is [C-]#[N+]c1ccc(S(=O)(=O)NC2CCN(C(=O)OCC)CC2)c2ccccc12. The van der Waals surface area contributed by atoms with E-state index in [1.807, 2.05) is 0 Å². The first-order chi connectivity index (χ1) is 13.0. The molecule has 0 radical (unpaired) electrons. The van der Waals surface area contributed by atoms with Crippen molar-refractivity contribution in [2.24, 2.45) is 0 Å². The van der Waals surface area contributed by atoms with Crippen LogP contribution in [0.2, 0.25) is 0 Å². The van der Waals surface area contributed by atoms with Crippen molar-refractivity contribution in [3.8, 4) is 0 Å². The van der Waals surface area contributed by atoms with Crippen LogP contribution in [0.25, 0.3) is 15.6 Å². The third-order valence-corrected chi connectivity index (χ3v) is 6.19. The molecular weight excluding hydrogens is 366 g/mol. The number of carbonyl (C=O) groups excluding carboxylic acids is 1. The van der Waals surface area contributed by atoms with Gasteiger partial charge in [0, 0.05) is 19.1 Å². The highest BCUT2D eigenvalue weighted by Crippen LogP contribution is 2.31. The second-order valence-corrected chi connectivity index (χ2v) is 8.00. The van der Waals surface area contributed by atoms with Gasteiger partial charge in [-0.2, -0.15) is 0 Å². The van der Waals surface area contributed by atoms with Gasteiger partial charge in [0.05, 0.1) is 18.1 Å². The van der Waals surface area contributed by atoms with Crippen LogP contribution in [0.4, 0.5) is 10.5 Å². The Morgan fingerprint density at radius 1 is 1.22 bits per heavy atom. The van der Waals surface area contributed by atoms with Crippen LogP contribution in [0.1, 0.15) is 19.8 Å². The minimum Gasteiger partial charge on any atom is -0.450 e. The Hall–Kier alpha value is -2.63. The maximum Gasteiger partial charge on any atom is 0.409 e. The van der Waals surface area contributed by atoms with Gasteiger partial charge in [0.15, 0.2) is 5.69 Å². The van der Waals surface area contributed by atoms with E-state index < -0.39 is 10.0 Å². The summed E-state index contributed by atoms with van der Waals surface area (Å²) in [5.41, 5.74) is 0.423.